The number of halogens is 1. The average Bonchev–Trinajstić information content (AvgIpc) is 3.56. The minimum atomic E-state index is -2.70. The van der Waals surface area contributed by atoms with Crippen LogP contribution in [0.25, 0.3) is 22.0 Å². The molecule has 7 rings (SSSR count). The lowest BCUT2D eigenvalue weighted by atomic mass is 9.98. The summed E-state index contributed by atoms with van der Waals surface area (Å²) in [6.07, 6.45) is 9.62. The number of nitrogens with one attached hydrogen (secondary N) is 3. The molecule has 50 heavy (non-hydrogen) atoms. The number of rotatable bonds is 10. The first-order valence-corrected chi connectivity index (χ1v) is 20.6. The highest BCUT2D eigenvalue weighted by molar-refractivity contribution is 9.10. The number of ether oxygens (including phenoxy) is 1. The van der Waals surface area contributed by atoms with E-state index in [0.29, 0.717) is 34.6 Å². The van der Waals surface area contributed by atoms with Crippen LogP contribution in [-0.2, 0) is 11.6 Å². The molecule has 2 saturated heterocycles. The summed E-state index contributed by atoms with van der Waals surface area (Å²) in [4.78, 5) is 19.2. The second-order valence-electron chi connectivity index (χ2n) is 13.2. The Labute approximate surface area is 301 Å². The van der Waals surface area contributed by atoms with Crippen LogP contribution in [0.15, 0.2) is 65.7 Å². The first-order chi connectivity index (χ1) is 24.2. The molecule has 2 aromatic carbocycles. The van der Waals surface area contributed by atoms with Gasteiger partial charge in [0.05, 0.1) is 40.4 Å². The molecule has 0 amide bonds. The van der Waals surface area contributed by atoms with Gasteiger partial charge in [0.25, 0.3) is 0 Å². The molecule has 0 saturated carbocycles. The summed E-state index contributed by atoms with van der Waals surface area (Å²) in [6.45, 7) is 12.4. The van der Waals surface area contributed by atoms with Crippen LogP contribution in [0.4, 0.5) is 28.8 Å². The second-order valence-corrected chi connectivity index (χ2v) is 17.2. The molecule has 0 radical (unpaired) electrons. The van der Waals surface area contributed by atoms with Gasteiger partial charge in [-0.25, -0.2) is 4.98 Å². The summed E-state index contributed by atoms with van der Waals surface area (Å²) >= 11 is 3.61. The predicted molar refractivity (Wildman–Crippen MR) is 207 cm³/mol. The van der Waals surface area contributed by atoms with Crippen LogP contribution < -0.4 is 30.9 Å². The molecule has 14 heteroatoms. The number of benzene rings is 2. The summed E-state index contributed by atoms with van der Waals surface area (Å²) in [6, 6.07) is 12.6. The molecule has 262 valence electrons. The number of piperazine rings is 1. The lowest BCUT2D eigenvalue weighted by molar-refractivity contribution is 0.150. The maximum atomic E-state index is 13.6. The first kappa shape index (κ1) is 34.4. The average molecular weight is 760 g/mol. The van der Waals surface area contributed by atoms with E-state index in [4.69, 9.17) is 9.72 Å². The number of hydrogen-bond acceptors (Lipinski definition) is 11. The fraction of sp³-hybridized carbons (Fsp3) is 0.389. The largest absolute Gasteiger partial charge is 0.492 e. The highest BCUT2D eigenvalue weighted by atomic mass is 79.9. The second kappa shape index (κ2) is 14.7. The molecule has 3 aromatic heterocycles. The first-order valence-electron chi connectivity index (χ1n) is 17.2. The molecule has 2 aliphatic rings. The molecular formula is C36H44BrN10O2P. The van der Waals surface area contributed by atoms with Crippen molar-refractivity contribution in [2.75, 3.05) is 74.7 Å². The minimum Gasteiger partial charge on any atom is -0.492 e. The van der Waals surface area contributed by atoms with Crippen molar-refractivity contribution < 1.29 is 9.30 Å². The topological polar surface area (TPSA) is 125 Å². The molecule has 0 bridgehead atoms. The Hall–Kier alpha value is -4.03. The van der Waals surface area contributed by atoms with Crippen molar-refractivity contribution in [1.29, 1.82) is 0 Å². The maximum Gasteiger partial charge on any atom is 0.229 e. The lowest BCUT2D eigenvalue weighted by Crippen LogP contribution is -2.52. The predicted octanol–water partition coefficient (Wildman–Crippen LogP) is 6.20. The molecule has 0 unspecified atom stereocenters. The minimum absolute atomic E-state index is 0.379. The van der Waals surface area contributed by atoms with E-state index in [0.717, 1.165) is 96.6 Å². The van der Waals surface area contributed by atoms with Crippen LogP contribution in [0.1, 0.15) is 19.8 Å². The summed E-state index contributed by atoms with van der Waals surface area (Å²) in [5, 5.41) is 16.4. The molecule has 0 spiro atoms. The monoisotopic (exact) mass is 758 g/mol. The fourth-order valence-electron chi connectivity index (χ4n) is 7.08. The number of anilines is 5. The van der Waals surface area contributed by atoms with Crippen molar-refractivity contribution in [3.8, 4) is 16.9 Å². The Morgan fingerprint density at radius 1 is 1.00 bits per heavy atom. The van der Waals surface area contributed by atoms with Gasteiger partial charge in [0.2, 0.25) is 5.95 Å². The number of pyridine rings is 1. The summed E-state index contributed by atoms with van der Waals surface area (Å²) in [7, 11) is -0.767. The van der Waals surface area contributed by atoms with E-state index in [1.807, 2.05) is 55.3 Å². The van der Waals surface area contributed by atoms with Crippen molar-refractivity contribution >= 4 is 68.1 Å². The van der Waals surface area contributed by atoms with Crippen molar-refractivity contribution in [1.82, 2.24) is 34.9 Å². The van der Waals surface area contributed by atoms with E-state index < -0.39 is 7.14 Å². The Balaban J connectivity index is 1.21. The van der Waals surface area contributed by atoms with Crippen LogP contribution in [0.2, 0.25) is 0 Å². The summed E-state index contributed by atoms with van der Waals surface area (Å²) in [5.41, 5.74) is 5.40. The zero-order valence-corrected chi connectivity index (χ0v) is 31.5. The van der Waals surface area contributed by atoms with Gasteiger partial charge in [-0.1, -0.05) is 18.2 Å². The van der Waals surface area contributed by atoms with Gasteiger partial charge in [-0.05, 0) is 61.2 Å². The van der Waals surface area contributed by atoms with Crippen molar-refractivity contribution in [3.63, 3.8) is 0 Å². The zero-order chi connectivity index (χ0) is 34.8. The third kappa shape index (κ3) is 7.37. The van der Waals surface area contributed by atoms with Crippen LogP contribution >= 0.6 is 23.1 Å². The van der Waals surface area contributed by atoms with Gasteiger partial charge >= 0.3 is 0 Å². The number of aromatic nitrogens is 5. The zero-order valence-electron chi connectivity index (χ0n) is 29.0. The summed E-state index contributed by atoms with van der Waals surface area (Å²) in [5.74, 6) is 1.62. The van der Waals surface area contributed by atoms with Crippen LogP contribution in [0, 0.1) is 0 Å². The van der Waals surface area contributed by atoms with E-state index in [1.165, 1.54) is 0 Å². The molecule has 2 aliphatic heterocycles. The number of aryl methyl sites for hydroxylation is 1. The number of fused-ring (bicyclic) bond motifs is 1. The van der Waals surface area contributed by atoms with E-state index >= 15 is 0 Å². The lowest BCUT2D eigenvalue weighted by Gasteiger charge is -2.41. The molecule has 5 aromatic rings. The molecule has 12 nitrogen and oxygen atoms in total. The Bertz CT molecular complexity index is 2040. The third-order valence-corrected chi connectivity index (χ3v) is 11.6. The molecule has 0 atom stereocenters. The van der Waals surface area contributed by atoms with Crippen molar-refractivity contribution in [2.45, 2.75) is 25.8 Å². The Morgan fingerprint density at radius 2 is 1.78 bits per heavy atom. The van der Waals surface area contributed by atoms with Gasteiger partial charge in [0.15, 0.2) is 0 Å². The highest BCUT2D eigenvalue weighted by Gasteiger charge is 2.28. The van der Waals surface area contributed by atoms with E-state index in [2.05, 4.69) is 68.9 Å². The number of hydrogen-bond donors (Lipinski definition) is 3. The third-order valence-electron chi connectivity index (χ3n) is 9.42. The molecule has 5 heterocycles. The Morgan fingerprint density at radius 3 is 2.50 bits per heavy atom. The van der Waals surface area contributed by atoms with Crippen molar-refractivity contribution in [2.24, 2.45) is 7.05 Å². The maximum absolute atomic E-state index is 13.6. The van der Waals surface area contributed by atoms with Crippen LogP contribution in [-0.4, -0.2) is 94.9 Å². The number of piperidine rings is 1. The molecule has 0 aliphatic carbocycles. The van der Waals surface area contributed by atoms with Crippen LogP contribution in [0.5, 0.6) is 5.75 Å². The van der Waals surface area contributed by atoms with Crippen molar-refractivity contribution in [3.05, 3.63) is 65.7 Å². The fourth-order valence-corrected chi connectivity index (χ4v) is 8.83. The van der Waals surface area contributed by atoms with Gasteiger partial charge < -0.3 is 30.2 Å². The van der Waals surface area contributed by atoms with E-state index in [9.17, 15) is 4.57 Å². The molecule has 3 N–H and O–H groups in total. The molecule has 2 fully saturated rings. The number of para-hydroxylation sites is 1. The standard InChI is InChI=1S/C36H44BrN10O2P/c1-5-49-33-19-32(47-14-10-25(11-15-47)46-16-12-38-13-17-46)27(24-20-41-45(2)23-24)18-30(33)43-36-40-21-28(37)35(44-36)42-31-22-39-29-9-7-6-8-26(29)34(31)50(3,4)48/h6-9,18-23,25,38H,5,10-17H2,1-4H3,(H2,40,42,43,44). The van der Waals surface area contributed by atoms with E-state index in [1.54, 1.807) is 25.7 Å². The van der Waals surface area contributed by atoms with Gasteiger partial charge in [-0.3, -0.25) is 14.6 Å². The number of nitrogens with zero attached hydrogens (tertiary/aromatic N) is 7. The van der Waals surface area contributed by atoms with Gasteiger partial charge in [0, 0.05) is 98.3 Å². The van der Waals surface area contributed by atoms with Crippen LogP contribution in [0.3, 0.4) is 0 Å². The Kier molecular flexibility index (Phi) is 10.1. The summed E-state index contributed by atoms with van der Waals surface area (Å²) < 4.78 is 22.3. The van der Waals surface area contributed by atoms with E-state index in [-0.39, 0.29) is 0 Å². The SMILES string of the molecule is CCOc1cc(N2CCC(N3CCNCC3)CC2)c(-c2cnn(C)c2)cc1Nc1ncc(Br)c(Nc2cnc3ccccc3c2P(C)(C)=O)n1. The van der Waals surface area contributed by atoms with Gasteiger partial charge in [-0.15, -0.1) is 0 Å². The molecular weight excluding hydrogens is 715 g/mol. The van der Waals surface area contributed by atoms with Gasteiger partial charge in [0.1, 0.15) is 18.7 Å². The quantitative estimate of drug-likeness (QED) is 0.141. The van der Waals surface area contributed by atoms with Gasteiger partial charge in [-0.2, -0.15) is 10.1 Å². The smallest absolute Gasteiger partial charge is 0.229 e. The highest BCUT2D eigenvalue weighted by Crippen LogP contribution is 2.43. The normalized spacial score (nSPS) is 16.1.